The Bertz CT molecular complexity index is 704. The molecule has 5 rings (SSSR count). The molecule has 4 aliphatic rings. The molecular weight excluding hydrogens is 312 g/mol. The highest BCUT2D eigenvalue weighted by Crippen LogP contribution is 2.54. The van der Waals surface area contributed by atoms with E-state index in [1.165, 1.54) is 32.1 Å². The minimum atomic E-state index is 0.161. The largest absolute Gasteiger partial charge is 0.228 e. The van der Waals surface area contributed by atoms with Crippen molar-refractivity contribution in [3.05, 3.63) is 47.1 Å². The van der Waals surface area contributed by atoms with E-state index >= 15 is 0 Å². The van der Waals surface area contributed by atoms with E-state index in [2.05, 4.69) is 34.7 Å². The molecule has 0 saturated heterocycles. The van der Waals surface area contributed by atoms with Crippen molar-refractivity contribution in [2.75, 3.05) is 0 Å². The number of hydrazone groups is 2. The summed E-state index contributed by atoms with van der Waals surface area (Å²) in [4.78, 5) is 0.161. The van der Waals surface area contributed by atoms with Gasteiger partial charge in [-0.1, -0.05) is 61.4 Å². The van der Waals surface area contributed by atoms with Gasteiger partial charge in [-0.05, 0) is 24.6 Å². The first-order valence-corrected chi connectivity index (χ1v) is 9.44. The zero-order valence-corrected chi connectivity index (χ0v) is 13.7. The second-order valence-corrected chi connectivity index (χ2v) is 8.17. The number of benzene rings is 1. The normalized spacial score (nSPS) is 25.0. The molecule has 0 radical (unpaired) electrons. The summed E-state index contributed by atoms with van der Waals surface area (Å²) in [6, 6.07) is 10.3. The Hall–Kier alpha value is -1.40. The highest BCUT2D eigenvalue weighted by atomic mass is 32.2. The van der Waals surface area contributed by atoms with Crippen LogP contribution in [-0.2, 0) is 0 Å². The first-order chi connectivity index (χ1) is 10.9. The Morgan fingerprint density at radius 2 is 1.82 bits per heavy atom. The summed E-state index contributed by atoms with van der Waals surface area (Å²) in [7, 11) is 0. The third-order valence-corrected chi connectivity index (χ3v) is 6.90. The lowest BCUT2D eigenvalue weighted by Gasteiger charge is -2.37. The van der Waals surface area contributed by atoms with Gasteiger partial charge in [-0.2, -0.15) is 10.1 Å². The van der Waals surface area contributed by atoms with E-state index in [-0.39, 0.29) is 4.87 Å². The van der Waals surface area contributed by atoms with Crippen LogP contribution >= 0.6 is 23.5 Å². The molecule has 0 atom stereocenters. The van der Waals surface area contributed by atoms with Gasteiger partial charge in [0.1, 0.15) is 9.91 Å². The number of hydrogen-bond acceptors (Lipinski definition) is 6. The molecule has 3 heterocycles. The van der Waals surface area contributed by atoms with Crippen molar-refractivity contribution in [2.24, 2.45) is 10.2 Å². The zero-order chi connectivity index (χ0) is 14.6. The van der Waals surface area contributed by atoms with E-state index in [0.717, 1.165) is 21.6 Å². The number of amidine groups is 1. The van der Waals surface area contributed by atoms with Gasteiger partial charge in [0.05, 0.1) is 0 Å². The number of nitrogens with zero attached hydrogens (tertiary/aromatic N) is 4. The summed E-state index contributed by atoms with van der Waals surface area (Å²) in [6.07, 6.45) is 6.42. The third-order valence-electron chi connectivity index (χ3n) is 4.60. The van der Waals surface area contributed by atoms with Crippen LogP contribution in [0.15, 0.2) is 51.8 Å². The monoisotopic (exact) mass is 328 g/mol. The number of fused-ring (bicyclic) bond motifs is 4. The predicted octanol–water partition coefficient (Wildman–Crippen LogP) is 4.19. The van der Waals surface area contributed by atoms with E-state index < -0.39 is 0 Å². The lowest BCUT2D eigenvalue weighted by molar-refractivity contribution is 0.170. The van der Waals surface area contributed by atoms with Crippen molar-refractivity contribution in [1.82, 2.24) is 10.0 Å². The first kappa shape index (κ1) is 13.1. The smallest absolute Gasteiger partial charge is 0.216 e. The molecule has 112 valence electrons. The minimum Gasteiger partial charge on any atom is -0.228 e. The summed E-state index contributed by atoms with van der Waals surface area (Å²) in [5.74, 6) is 1.14. The summed E-state index contributed by atoms with van der Waals surface area (Å²) in [5.41, 5.74) is 1.16. The minimum absolute atomic E-state index is 0.161. The van der Waals surface area contributed by atoms with Crippen LogP contribution in [0.5, 0.6) is 0 Å². The molecule has 0 unspecified atom stereocenters. The van der Waals surface area contributed by atoms with Gasteiger partial charge in [-0.3, -0.25) is 0 Å². The average molecular weight is 328 g/mol. The Balaban J connectivity index is 1.45. The third kappa shape index (κ3) is 1.80. The molecule has 1 aliphatic carbocycles. The van der Waals surface area contributed by atoms with E-state index in [4.69, 9.17) is 10.2 Å². The maximum absolute atomic E-state index is 4.90. The van der Waals surface area contributed by atoms with Crippen molar-refractivity contribution in [3.8, 4) is 0 Å². The van der Waals surface area contributed by atoms with Crippen molar-refractivity contribution in [1.29, 1.82) is 0 Å². The molecule has 1 aromatic rings. The van der Waals surface area contributed by atoms with E-state index in [1.54, 1.807) is 11.8 Å². The maximum Gasteiger partial charge on any atom is 0.216 e. The number of thioether (sulfide) groups is 2. The van der Waals surface area contributed by atoms with Crippen molar-refractivity contribution in [2.45, 2.75) is 37.0 Å². The van der Waals surface area contributed by atoms with Gasteiger partial charge < -0.3 is 0 Å². The molecule has 3 aliphatic heterocycles. The fourth-order valence-electron chi connectivity index (χ4n) is 3.47. The second kappa shape index (κ2) is 4.80. The molecule has 1 fully saturated rings. The standard InChI is InChI=1S/C16H16N4S2/c1-3-7-12(8-4-1)14-17-19-13-11-21-16(9-5-2-6-10-16)20(13)18-15(19)22-14/h1,3-4,7-8,11H,2,5-6,9-10H2. The fourth-order valence-corrected chi connectivity index (χ4v) is 5.64. The molecule has 1 spiro atoms. The molecule has 0 aromatic heterocycles. The Morgan fingerprint density at radius 1 is 1.00 bits per heavy atom. The molecule has 22 heavy (non-hydrogen) atoms. The molecule has 0 amide bonds. The lowest BCUT2D eigenvalue weighted by Crippen LogP contribution is -2.40. The van der Waals surface area contributed by atoms with Gasteiger partial charge in [0.15, 0.2) is 5.82 Å². The second-order valence-electron chi connectivity index (χ2n) is 5.98. The topological polar surface area (TPSA) is 31.2 Å². The predicted molar refractivity (Wildman–Crippen MR) is 93.2 cm³/mol. The summed E-state index contributed by atoms with van der Waals surface area (Å²) < 4.78 is 0. The SMILES string of the molecule is C1=C2N3N=C(c4ccccc4)SC3=NN2C2(CCCCC2)S1. The fraction of sp³-hybridized carbons (Fsp3) is 0.375. The van der Waals surface area contributed by atoms with Crippen LogP contribution in [-0.4, -0.2) is 25.1 Å². The van der Waals surface area contributed by atoms with Crippen LogP contribution in [0.25, 0.3) is 0 Å². The van der Waals surface area contributed by atoms with Crippen molar-refractivity contribution in [3.63, 3.8) is 0 Å². The van der Waals surface area contributed by atoms with E-state index in [1.807, 2.05) is 22.8 Å². The summed E-state index contributed by atoms with van der Waals surface area (Å²) in [5, 5.41) is 18.2. The maximum atomic E-state index is 4.90. The lowest BCUT2D eigenvalue weighted by atomic mass is 9.94. The number of rotatable bonds is 1. The van der Waals surface area contributed by atoms with Crippen LogP contribution in [0.2, 0.25) is 0 Å². The molecule has 0 N–H and O–H groups in total. The van der Waals surface area contributed by atoms with Gasteiger partial charge in [-0.25, -0.2) is 5.01 Å². The Kier molecular flexibility index (Phi) is 2.85. The van der Waals surface area contributed by atoms with Gasteiger partial charge in [0.2, 0.25) is 5.17 Å². The molecular formula is C16H16N4S2. The summed E-state index contributed by atoms with van der Waals surface area (Å²) in [6.45, 7) is 0. The molecule has 0 bridgehead atoms. The van der Waals surface area contributed by atoms with Crippen LogP contribution in [0.4, 0.5) is 0 Å². The number of hydrogen-bond donors (Lipinski definition) is 0. The van der Waals surface area contributed by atoms with E-state index in [0.29, 0.717) is 0 Å². The first-order valence-electron chi connectivity index (χ1n) is 7.75. The van der Waals surface area contributed by atoms with E-state index in [9.17, 15) is 0 Å². The van der Waals surface area contributed by atoms with Gasteiger partial charge in [0.25, 0.3) is 0 Å². The van der Waals surface area contributed by atoms with Crippen molar-refractivity contribution >= 4 is 33.7 Å². The quantitative estimate of drug-likeness (QED) is 0.773. The van der Waals surface area contributed by atoms with Crippen LogP contribution in [0.1, 0.15) is 37.7 Å². The Morgan fingerprint density at radius 3 is 2.64 bits per heavy atom. The zero-order valence-electron chi connectivity index (χ0n) is 12.1. The van der Waals surface area contributed by atoms with Crippen molar-refractivity contribution < 1.29 is 0 Å². The van der Waals surface area contributed by atoms with Gasteiger partial charge in [-0.15, -0.1) is 5.10 Å². The highest BCUT2D eigenvalue weighted by Gasteiger charge is 2.50. The van der Waals surface area contributed by atoms with Gasteiger partial charge >= 0.3 is 0 Å². The average Bonchev–Trinajstić information content (AvgIpc) is 3.21. The molecule has 4 nitrogen and oxygen atoms in total. The molecule has 1 aromatic carbocycles. The van der Waals surface area contributed by atoms with Crippen LogP contribution < -0.4 is 0 Å². The molecule has 1 saturated carbocycles. The molecule has 6 heteroatoms. The van der Waals surface area contributed by atoms with Gasteiger partial charge in [0, 0.05) is 11.0 Å². The van der Waals surface area contributed by atoms with Crippen LogP contribution in [0.3, 0.4) is 0 Å². The van der Waals surface area contributed by atoms with Crippen LogP contribution in [0, 0.1) is 0 Å². The summed E-state index contributed by atoms with van der Waals surface area (Å²) >= 11 is 3.61. The Labute approximate surface area is 138 Å². The highest BCUT2D eigenvalue weighted by molar-refractivity contribution is 8.27.